The second-order valence-electron chi connectivity index (χ2n) is 12.4. The van der Waals surface area contributed by atoms with Gasteiger partial charge in [0.05, 0.1) is 5.56 Å². The molecule has 1 aliphatic carbocycles. The molecule has 3 heterocycles. The number of aryl methyl sites for hydroxylation is 1. The number of nitrogens with two attached hydrogens (primary N) is 1. The Balaban J connectivity index is 1.17. The second kappa shape index (κ2) is 14.8. The van der Waals surface area contributed by atoms with Crippen LogP contribution < -0.4 is 26.6 Å². The summed E-state index contributed by atoms with van der Waals surface area (Å²) < 4.78 is 14.9. The number of nitrogens with zero attached hydrogens (tertiary/aromatic N) is 5. The SMILES string of the molecule is Cc1cc(N2CCNCC2)ncc1-c1ccc(C[C@H](NC(=O)C2CCC(CN)CC2)C(=O)Nc2ccc(-c3nn[nH]n3)c(F)c2)cc1. The molecule has 1 saturated heterocycles. The largest absolute Gasteiger partial charge is 0.354 e. The smallest absolute Gasteiger partial charge is 0.247 e. The number of pyridine rings is 1. The van der Waals surface area contributed by atoms with Crippen LogP contribution in [0.3, 0.4) is 0 Å². The first-order chi connectivity index (χ1) is 22.9. The van der Waals surface area contributed by atoms with E-state index >= 15 is 0 Å². The lowest BCUT2D eigenvalue weighted by Gasteiger charge is -2.29. The standard InChI is InChI=1S/C34H41FN10O2/c1-21-16-31(45-14-12-37-13-15-45)38-20-28(21)24-6-2-22(3-7-24)17-30(40-33(46)25-8-4-23(19-36)5-9-25)34(47)39-26-10-11-27(29(35)18-26)32-41-43-44-42-32/h2-3,6-7,10-11,16,18,20,23,25,30,37H,4-5,8-9,12-15,17,19,36H2,1H3,(H,39,47)(H,40,46)(H,41,42,43,44)/t23?,25?,30-/m0/s1. The van der Waals surface area contributed by atoms with Crippen molar-refractivity contribution >= 4 is 23.3 Å². The monoisotopic (exact) mass is 640 g/mol. The first-order valence-electron chi connectivity index (χ1n) is 16.2. The minimum Gasteiger partial charge on any atom is -0.354 e. The van der Waals surface area contributed by atoms with Crippen molar-refractivity contribution in [2.75, 3.05) is 42.9 Å². The summed E-state index contributed by atoms with van der Waals surface area (Å²) in [7, 11) is 0. The quantitative estimate of drug-likeness (QED) is 0.175. The van der Waals surface area contributed by atoms with Crippen LogP contribution in [0.5, 0.6) is 0 Å². The lowest BCUT2D eigenvalue weighted by molar-refractivity contribution is -0.130. The van der Waals surface area contributed by atoms with Crippen LogP contribution in [0.1, 0.15) is 36.8 Å². The van der Waals surface area contributed by atoms with E-state index in [4.69, 9.17) is 10.7 Å². The molecule has 2 fully saturated rings. The van der Waals surface area contributed by atoms with Crippen LogP contribution in [0.25, 0.3) is 22.5 Å². The Kier molecular flexibility index (Phi) is 10.1. The van der Waals surface area contributed by atoms with E-state index in [-0.39, 0.29) is 35.3 Å². The highest BCUT2D eigenvalue weighted by atomic mass is 19.1. The van der Waals surface area contributed by atoms with Crippen LogP contribution in [-0.4, -0.2) is 76.2 Å². The average molecular weight is 641 g/mol. The summed E-state index contributed by atoms with van der Waals surface area (Å²) in [5.74, 6) is 0.147. The van der Waals surface area contributed by atoms with Gasteiger partial charge in [0.15, 0.2) is 0 Å². The Morgan fingerprint density at radius 3 is 2.47 bits per heavy atom. The van der Waals surface area contributed by atoms with Crippen molar-refractivity contribution in [2.24, 2.45) is 17.6 Å². The number of anilines is 2. The van der Waals surface area contributed by atoms with Crippen LogP contribution in [0.4, 0.5) is 15.9 Å². The molecule has 2 amide bonds. The number of piperazine rings is 1. The summed E-state index contributed by atoms with van der Waals surface area (Å²) in [6, 6.07) is 13.5. The molecule has 0 bridgehead atoms. The number of carbonyl (C=O) groups excluding carboxylic acids is 2. The van der Waals surface area contributed by atoms with Crippen molar-refractivity contribution in [3.63, 3.8) is 0 Å². The summed E-state index contributed by atoms with van der Waals surface area (Å²) in [4.78, 5) is 34.0. The molecule has 1 atom stereocenters. The van der Waals surface area contributed by atoms with E-state index in [1.165, 1.54) is 12.1 Å². The molecular formula is C34H41FN10O2. The van der Waals surface area contributed by atoms with Crippen molar-refractivity contribution in [2.45, 2.75) is 45.1 Å². The van der Waals surface area contributed by atoms with Crippen molar-refractivity contribution in [1.82, 2.24) is 36.2 Å². The normalized spacial score (nSPS) is 18.8. The average Bonchev–Trinajstić information content (AvgIpc) is 3.64. The zero-order valence-electron chi connectivity index (χ0n) is 26.5. The summed E-state index contributed by atoms with van der Waals surface area (Å²) in [5, 5.41) is 22.6. The predicted molar refractivity (Wildman–Crippen MR) is 178 cm³/mol. The minimum absolute atomic E-state index is 0.111. The van der Waals surface area contributed by atoms with Gasteiger partial charge in [0.1, 0.15) is 17.7 Å². The molecule has 0 spiro atoms. The number of benzene rings is 2. The van der Waals surface area contributed by atoms with Crippen LogP contribution in [0, 0.1) is 24.6 Å². The fourth-order valence-corrected chi connectivity index (χ4v) is 6.41. The molecular weight excluding hydrogens is 599 g/mol. The van der Waals surface area contributed by atoms with Gasteiger partial charge >= 0.3 is 0 Å². The van der Waals surface area contributed by atoms with Gasteiger partial charge in [-0.3, -0.25) is 9.59 Å². The van der Waals surface area contributed by atoms with E-state index < -0.39 is 17.8 Å². The zero-order valence-corrected chi connectivity index (χ0v) is 26.5. The Morgan fingerprint density at radius 1 is 1.04 bits per heavy atom. The number of aromatic amines is 1. The summed E-state index contributed by atoms with van der Waals surface area (Å²) >= 11 is 0. The first-order valence-corrected chi connectivity index (χ1v) is 16.2. The molecule has 1 aliphatic heterocycles. The minimum atomic E-state index is -0.873. The first kappa shape index (κ1) is 32.2. The highest BCUT2D eigenvalue weighted by Gasteiger charge is 2.29. The predicted octanol–water partition coefficient (Wildman–Crippen LogP) is 3.22. The molecule has 4 aromatic rings. The molecule has 6 rings (SSSR count). The van der Waals surface area contributed by atoms with Gasteiger partial charge < -0.3 is 26.6 Å². The molecule has 13 heteroatoms. The van der Waals surface area contributed by atoms with Gasteiger partial charge in [-0.25, -0.2) is 9.37 Å². The fraction of sp³-hybridized carbons (Fsp3) is 0.412. The molecule has 2 aromatic carbocycles. The van der Waals surface area contributed by atoms with Gasteiger partial charge in [-0.1, -0.05) is 24.3 Å². The Morgan fingerprint density at radius 2 is 1.81 bits per heavy atom. The molecule has 12 nitrogen and oxygen atoms in total. The summed E-state index contributed by atoms with van der Waals surface area (Å²) in [5.41, 5.74) is 10.3. The van der Waals surface area contributed by atoms with Crippen molar-refractivity contribution in [1.29, 1.82) is 0 Å². The molecule has 0 unspecified atom stereocenters. The highest BCUT2D eigenvalue weighted by molar-refractivity contribution is 5.97. The number of carbonyl (C=O) groups is 2. The topological polar surface area (TPSA) is 167 Å². The summed E-state index contributed by atoms with van der Waals surface area (Å²) in [6.07, 6.45) is 5.44. The maximum Gasteiger partial charge on any atom is 0.247 e. The van der Waals surface area contributed by atoms with Gasteiger partial charge in [0.2, 0.25) is 17.6 Å². The number of rotatable bonds is 10. The number of aromatic nitrogens is 5. The number of hydrogen-bond acceptors (Lipinski definition) is 9. The lowest BCUT2D eigenvalue weighted by atomic mass is 9.81. The Bertz CT molecular complexity index is 1670. The highest BCUT2D eigenvalue weighted by Crippen LogP contribution is 2.29. The van der Waals surface area contributed by atoms with Crippen molar-refractivity contribution in [3.8, 4) is 22.5 Å². The maximum atomic E-state index is 14.9. The van der Waals surface area contributed by atoms with Crippen molar-refractivity contribution in [3.05, 3.63) is 71.7 Å². The zero-order chi connectivity index (χ0) is 32.8. The lowest BCUT2D eigenvalue weighted by Crippen LogP contribution is -2.48. The van der Waals surface area contributed by atoms with Gasteiger partial charge in [0.25, 0.3) is 0 Å². The van der Waals surface area contributed by atoms with Crippen LogP contribution in [0.2, 0.25) is 0 Å². The number of tetrazole rings is 1. The van der Waals surface area contributed by atoms with E-state index in [9.17, 15) is 14.0 Å². The van der Waals surface area contributed by atoms with E-state index in [0.29, 0.717) is 12.5 Å². The maximum absolute atomic E-state index is 14.9. The van der Waals surface area contributed by atoms with Crippen LogP contribution in [0.15, 0.2) is 54.7 Å². The third-order valence-corrected chi connectivity index (χ3v) is 9.25. The molecule has 0 radical (unpaired) electrons. The molecule has 1 saturated carbocycles. The van der Waals surface area contributed by atoms with E-state index in [2.05, 4.69) is 54.5 Å². The third kappa shape index (κ3) is 7.80. The number of hydrogen-bond donors (Lipinski definition) is 5. The van der Waals surface area contributed by atoms with E-state index in [0.717, 1.165) is 79.9 Å². The van der Waals surface area contributed by atoms with E-state index in [1.54, 1.807) is 6.07 Å². The fourth-order valence-electron chi connectivity index (χ4n) is 6.41. The van der Waals surface area contributed by atoms with Gasteiger partial charge in [-0.2, -0.15) is 5.21 Å². The number of amides is 2. The molecule has 6 N–H and O–H groups in total. The second-order valence-corrected chi connectivity index (χ2v) is 12.4. The third-order valence-electron chi connectivity index (χ3n) is 9.25. The van der Waals surface area contributed by atoms with Gasteiger partial charge in [0, 0.05) is 56.0 Å². The molecule has 246 valence electrons. The number of halogens is 1. The molecule has 47 heavy (non-hydrogen) atoms. The van der Waals surface area contributed by atoms with Gasteiger partial charge in [-0.05, 0) is 91.2 Å². The Labute approximate surface area is 273 Å². The number of nitrogens with one attached hydrogen (secondary N) is 4. The number of H-pyrrole nitrogens is 1. The van der Waals surface area contributed by atoms with Gasteiger partial charge in [-0.15, -0.1) is 10.2 Å². The van der Waals surface area contributed by atoms with Crippen LogP contribution >= 0.6 is 0 Å². The summed E-state index contributed by atoms with van der Waals surface area (Å²) in [6.45, 7) is 6.47. The Hall–Kier alpha value is -4.75. The van der Waals surface area contributed by atoms with Crippen LogP contribution in [-0.2, 0) is 16.0 Å². The van der Waals surface area contributed by atoms with Crippen molar-refractivity contribution < 1.29 is 14.0 Å². The molecule has 2 aromatic heterocycles. The molecule has 2 aliphatic rings. The van der Waals surface area contributed by atoms with E-state index in [1.807, 2.05) is 30.5 Å².